The molecule has 0 bridgehead atoms. The van der Waals surface area contributed by atoms with Gasteiger partial charge in [-0.15, -0.1) is 0 Å². The van der Waals surface area contributed by atoms with E-state index in [2.05, 4.69) is 32.0 Å². The lowest BCUT2D eigenvalue weighted by Gasteiger charge is -2.52. The number of aryl methyl sites for hydroxylation is 1. The van der Waals surface area contributed by atoms with Crippen molar-refractivity contribution < 1.29 is 14.6 Å². The van der Waals surface area contributed by atoms with Gasteiger partial charge in [-0.25, -0.2) is 0 Å². The van der Waals surface area contributed by atoms with Crippen LogP contribution >= 0.6 is 0 Å². The lowest BCUT2D eigenvalue weighted by atomic mass is 9.53. The van der Waals surface area contributed by atoms with Crippen molar-refractivity contribution in [1.82, 2.24) is 0 Å². The summed E-state index contributed by atoms with van der Waals surface area (Å²) in [6.45, 7) is 4.41. The van der Waals surface area contributed by atoms with E-state index in [1.54, 1.807) is 12.7 Å². The summed E-state index contributed by atoms with van der Waals surface area (Å²) in [5.41, 5.74) is 6.77. The first-order valence-electron chi connectivity index (χ1n) is 11.2. The second-order valence-corrected chi connectivity index (χ2v) is 9.91. The van der Waals surface area contributed by atoms with Crippen molar-refractivity contribution in [1.29, 1.82) is 0 Å². The Morgan fingerprint density at radius 2 is 1.97 bits per heavy atom. The molecule has 0 saturated heterocycles. The fourth-order valence-electron chi connectivity index (χ4n) is 6.98. The van der Waals surface area contributed by atoms with Crippen LogP contribution in [0.5, 0.6) is 5.75 Å². The Bertz CT molecular complexity index is 924. The van der Waals surface area contributed by atoms with Gasteiger partial charge >= 0.3 is 0 Å². The van der Waals surface area contributed by atoms with Gasteiger partial charge in [0.25, 0.3) is 0 Å². The molecule has 4 aliphatic carbocycles. The molecule has 0 aromatic heterocycles. The van der Waals surface area contributed by atoms with Crippen LogP contribution in [0, 0.1) is 24.2 Å². The van der Waals surface area contributed by atoms with Gasteiger partial charge in [-0.05, 0) is 97.1 Å². The zero-order valence-corrected chi connectivity index (χ0v) is 17.8. The topological polar surface area (TPSA) is 46.5 Å². The van der Waals surface area contributed by atoms with E-state index >= 15 is 0 Å². The summed E-state index contributed by atoms with van der Waals surface area (Å²) in [6.07, 6.45) is 8.41. The molecule has 2 saturated carbocycles. The van der Waals surface area contributed by atoms with Crippen molar-refractivity contribution in [2.45, 2.75) is 70.8 Å². The van der Waals surface area contributed by atoms with Gasteiger partial charge in [0, 0.05) is 12.3 Å². The Morgan fingerprint density at radius 1 is 1.14 bits per heavy atom. The second-order valence-electron chi connectivity index (χ2n) is 9.91. The van der Waals surface area contributed by atoms with Gasteiger partial charge in [-0.1, -0.05) is 24.6 Å². The molecule has 3 nitrogen and oxygen atoms in total. The van der Waals surface area contributed by atoms with Gasteiger partial charge in [-0.2, -0.15) is 0 Å². The summed E-state index contributed by atoms with van der Waals surface area (Å²) in [5, 5.41) is 11.0. The number of carbonyl (C=O) groups is 1. The Labute approximate surface area is 173 Å². The van der Waals surface area contributed by atoms with Crippen LogP contribution in [-0.2, 0) is 4.79 Å². The van der Waals surface area contributed by atoms with Gasteiger partial charge in [0.15, 0.2) is 5.78 Å². The summed E-state index contributed by atoms with van der Waals surface area (Å²) in [7, 11) is 1.74. The summed E-state index contributed by atoms with van der Waals surface area (Å²) < 4.78 is 5.64. The average molecular weight is 393 g/mol. The van der Waals surface area contributed by atoms with Crippen LogP contribution in [0.1, 0.15) is 68.9 Å². The number of fused-ring (bicyclic) bond motifs is 4. The Hall–Kier alpha value is -1.87. The Morgan fingerprint density at radius 3 is 2.76 bits per heavy atom. The highest BCUT2D eigenvalue weighted by molar-refractivity contribution is 5.93. The third kappa shape index (κ3) is 2.84. The highest BCUT2D eigenvalue weighted by Crippen LogP contribution is 2.63. The number of methoxy groups -OCH3 is 1. The molecule has 5 rings (SSSR count). The molecule has 154 valence electrons. The molecule has 5 atom stereocenters. The maximum atomic E-state index is 12.1. The van der Waals surface area contributed by atoms with E-state index in [1.165, 1.54) is 16.7 Å². The predicted octanol–water partition coefficient (Wildman–Crippen LogP) is 5.26. The molecule has 3 heteroatoms. The normalized spacial score (nSPS) is 36.3. The second kappa shape index (κ2) is 6.84. The van der Waals surface area contributed by atoms with Crippen molar-refractivity contribution in [3.63, 3.8) is 0 Å². The number of allylic oxidation sites excluding steroid dienone is 4. The summed E-state index contributed by atoms with van der Waals surface area (Å²) >= 11 is 0. The van der Waals surface area contributed by atoms with E-state index in [4.69, 9.17) is 4.74 Å². The Balaban J connectivity index is 1.69. The number of benzene rings is 1. The number of aliphatic hydroxyl groups is 1. The van der Waals surface area contributed by atoms with Crippen molar-refractivity contribution in [2.24, 2.45) is 17.3 Å². The maximum absolute atomic E-state index is 12.1. The highest BCUT2D eigenvalue weighted by Gasteiger charge is 2.56. The van der Waals surface area contributed by atoms with E-state index in [9.17, 15) is 9.90 Å². The van der Waals surface area contributed by atoms with Crippen LogP contribution in [0.25, 0.3) is 0 Å². The molecule has 0 amide bonds. The molecule has 0 spiro atoms. The summed E-state index contributed by atoms with van der Waals surface area (Å²) in [5.74, 6) is 2.62. The summed E-state index contributed by atoms with van der Waals surface area (Å²) in [6, 6.07) is 6.63. The molecule has 2 fully saturated rings. The standard InChI is InChI=1S/C26H32O3/c1-15-4-5-17(13-23(15)29-3)21-14-26(2)22(10-11-24(26)28)20-8-6-16-12-18(27)7-9-19(16)25(20)21/h4-5,12-13,20-22,24,28H,6-11,14H2,1-3H3. The Kier molecular flexibility index (Phi) is 4.51. The number of ether oxygens (including phenoxy) is 1. The minimum atomic E-state index is -0.209. The maximum Gasteiger partial charge on any atom is 0.156 e. The number of rotatable bonds is 2. The molecule has 0 radical (unpaired) electrons. The van der Waals surface area contributed by atoms with Crippen molar-refractivity contribution in [3.05, 3.63) is 52.1 Å². The lowest BCUT2D eigenvalue weighted by molar-refractivity contribution is -0.114. The molecule has 1 N–H and O–H groups in total. The smallest absolute Gasteiger partial charge is 0.156 e. The quantitative estimate of drug-likeness (QED) is 0.746. The van der Waals surface area contributed by atoms with E-state index < -0.39 is 0 Å². The average Bonchev–Trinajstić information content (AvgIpc) is 3.02. The molecule has 0 aliphatic heterocycles. The monoisotopic (exact) mass is 392 g/mol. The largest absolute Gasteiger partial charge is 0.496 e. The van der Waals surface area contributed by atoms with Gasteiger partial charge in [0.05, 0.1) is 13.2 Å². The number of carbonyl (C=O) groups excluding carboxylic acids is 1. The van der Waals surface area contributed by atoms with Crippen LogP contribution in [0.3, 0.4) is 0 Å². The third-order valence-electron chi connectivity index (χ3n) is 8.52. The van der Waals surface area contributed by atoms with E-state index in [-0.39, 0.29) is 17.3 Å². The fourth-order valence-corrected chi connectivity index (χ4v) is 6.98. The molecular formula is C26H32O3. The predicted molar refractivity (Wildman–Crippen MR) is 114 cm³/mol. The van der Waals surface area contributed by atoms with Crippen molar-refractivity contribution >= 4 is 5.78 Å². The van der Waals surface area contributed by atoms with Crippen LogP contribution in [0.15, 0.2) is 41.0 Å². The SMILES string of the molecule is COc1cc(C2CC3(C)C(O)CCC3C3CCC4=CC(=O)CCC4=C23)ccc1C. The number of ketones is 1. The van der Waals surface area contributed by atoms with Gasteiger partial charge in [-0.3, -0.25) is 4.79 Å². The molecule has 4 aliphatic rings. The van der Waals surface area contributed by atoms with Crippen molar-refractivity contribution in [3.8, 4) is 5.75 Å². The van der Waals surface area contributed by atoms with Crippen LogP contribution in [-0.4, -0.2) is 24.1 Å². The first-order valence-corrected chi connectivity index (χ1v) is 11.2. The molecule has 5 unspecified atom stereocenters. The zero-order valence-electron chi connectivity index (χ0n) is 17.8. The summed E-state index contributed by atoms with van der Waals surface area (Å²) in [4.78, 5) is 12.1. The molecule has 29 heavy (non-hydrogen) atoms. The minimum Gasteiger partial charge on any atom is -0.496 e. The molecular weight excluding hydrogens is 360 g/mol. The van der Waals surface area contributed by atoms with Gasteiger partial charge in [0.1, 0.15) is 5.75 Å². The van der Waals surface area contributed by atoms with Gasteiger partial charge < -0.3 is 9.84 Å². The fraction of sp³-hybridized carbons (Fsp3) is 0.577. The molecule has 1 aromatic rings. The first kappa shape index (κ1) is 19.1. The van der Waals surface area contributed by atoms with Crippen LogP contribution in [0.2, 0.25) is 0 Å². The molecule has 1 aromatic carbocycles. The van der Waals surface area contributed by atoms with Crippen LogP contribution < -0.4 is 4.74 Å². The number of hydrogen-bond donors (Lipinski definition) is 1. The van der Waals surface area contributed by atoms with Crippen LogP contribution in [0.4, 0.5) is 0 Å². The molecule has 0 heterocycles. The number of aliphatic hydroxyl groups excluding tert-OH is 1. The zero-order chi connectivity index (χ0) is 20.3. The van der Waals surface area contributed by atoms with E-state index in [0.29, 0.717) is 24.2 Å². The van der Waals surface area contributed by atoms with E-state index in [1.807, 2.05) is 6.08 Å². The number of hydrogen-bond acceptors (Lipinski definition) is 3. The van der Waals surface area contributed by atoms with Crippen molar-refractivity contribution in [2.75, 3.05) is 7.11 Å². The van der Waals surface area contributed by atoms with E-state index in [0.717, 1.165) is 49.8 Å². The van der Waals surface area contributed by atoms with Gasteiger partial charge in [0.2, 0.25) is 0 Å². The third-order valence-corrected chi connectivity index (χ3v) is 8.52. The highest BCUT2D eigenvalue weighted by atomic mass is 16.5. The lowest BCUT2D eigenvalue weighted by Crippen LogP contribution is -2.45. The first-order chi connectivity index (χ1) is 13.9. The minimum absolute atomic E-state index is 0.0246.